The largest absolute Gasteiger partial charge is 0.319 e. The molecule has 1 saturated carbocycles. The summed E-state index contributed by atoms with van der Waals surface area (Å²) in [5, 5.41) is 6.80. The molecule has 0 amide bonds. The van der Waals surface area contributed by atoms with E-state index in [0.717, 1.165) is 24.4 Å². The van der Waals surface area contributed by atoms with Crippen LogP contribution in [0.3, 0.4) is 0 Å². The van der Waals surface area contributed by atoms with E-state index in [-0.39, 0.29) is 0 Å². The predicted octanol–water partition coefficient (Wildman–Crippen LogP) is 1.23. The van der Waals surface area contributed by atoms with E-state index in [4.69, 9.17) is 0 Å². The van der Waals surface area contributed by atoms with Gasteiger partial charge in [-0.1, -0.05) is 20.3 Å². The molecular formula is C10H22N2. The molecule has 1 aliphatic rings. The number of hydrogen-bond acceptors (Lipinski definition) is 2. The highest BCUT2D eigenvalue weighted by Crippen LogP contribution is 2.32. The quantitative estimate of drug-likeness (QED) is 0.626. The maximum absolute atomic E-state index is 3.60. The van der Waals surface area contributed by atoms with E-state index in [2.05, 4.69) is 24.5 Å². The molecule has 12 heavy (non-hydrogen) atoms. The van der Waals surface area contributed by atoms with Gasteiger partial charge in [0.15, 0.2) is 0 Å². The highest BCUT2D eigenvalue weighted by Gasteiger charge is 2.34. The highest BCUT2D eigenvalue weighted by atomic mass is 15.0. The van der Waals surface area contributed by atoms with Crippen LogP contribution in [0.5, 0.6) is 0 Å². The van der Waals surface area contributed by atoms with E-state index in [1.165, 1.54) is 19.4 Å². The van der Waals surface area contributed by atoms with E-state index in [0.29, 0.717) is 0 Å². The highest BCUT2D eigenvalue weighted by molar-refractivity contribution is 4.92. The molecule has 3 unspecified atom stereocenters. The van der Waals surface area contributed by atoms with Crippen molar-refractivity contribution < 1.29 is 0 Å². The van der Waals surface area contributed by atoms with Gasteiger partial charge in [0.1, 0.15) is 0 Å². The number of nitrogens with one attached hydrogen (secondary N) is 2. The lowest BCUT2D eigenvalue weighted by molar-refractivity contribution is 0.479. The summed E-state index contributed by atoms with van der Waals surface area (Å²) >= 11 is 0. The molecule has 0 aromatic carbocycles. The summed E-state index contributed by atoms with van der Waals surface area (Å²) < 4.78 is 0. The molecule has 0 radical (unpaired) electrons. The lowest BCUT2D eigenvalue weighted by Crippen LogP contribution is -2.29. The van der Waals surface area contributed by atoms with Crippen LogP contribution in [-0.4, -0.2) is 26.2 Å². The minimum Gasteiger partial charge on any atom is -0.319 e. The lowest BCUT2D eigenvalue weighted by atomic mass is 10.2. The van der Waals surface area contributed by atoms with E-state index < -0.39 is 0 Å². The summed E-state index contributed by atoms with van der Waals surface area (Å²) in [6.45, 7) is 6.86. The van der Waals surface area contributed by atoms with E-state index in [9.17, 15) is 0 Å². The minimum absolute atomic E-state index is 0.758. The van der Waals surface area contributed by atoms with Crippen LogP contribution in [0, 0.1) is 11.8 Å². The minimum atomic E-state index is 0.758. The molecule has 0 aromatic heterocycles. The van der Waals surface area contributed by atoms with Crippen molar-refractivity contribution in [2.24, 2.45) is 11.8 Å². The Hall–Kier alpha value is -0.0800. The van der Waals surface area contributed by atoms with Crippen LogP contribution in [0.4, 0.5) is 0 Å². The first-order chi connectivity index (χ1) is 5.77. The van der Waals surface area contributed by atoms with Gasteiger partial charge in [-0.2, -0.15) is 0 Å². The van der Waals surface area contributed by atoms with Crippen LogP contribution in [-0.2, 0) is 0 Å². The summed E-state index contributed by atoms with van der Waals surface area (Å²) in [6.07, 6.45) is 2.75. The second-order valence-corrected chi connectivity index (χ2v) is 4.08. The maximum Gasteiger partial charge on any atom is 0.00991 e. The van der Waals surface area contributed by atoms with Gasteiger partial charge in [0.2, 0.25) is 0 Å². The van der Waals surface area contributed by atoms with Crippen molar-refractivity contribution in [1.82, 2.24) is 10.6 Å². The van der Waals surface area contributed by atoms with Gasteiger partial charge >= 0.3 is 0 Å². The Labute approximate surface area is 76.1 Å². The third-order valence-corrected chi connectivity index (χ3v) is 2.73. The Morgan fingerprint density at radius 1 is 1.42 bits per heavy atom. The Balaban J connectivity index is 1.95. The van der Waals surface area contributed by atoms with E-state index >= 15 is 0 Å². The average molecular weight is 170 g/mol. The summed E-state index contributed by atoms with van der Waals surface area (Å²) in [4.78, 5) is 0. The van der Waals surface area contributed by atoms with Crippen LogP contribution in [0.15, 0.2) is 0 Å². The molecule has 0 bridgehead atoms. The third kappa shape index (κ3) is 3.11. The molecule has 2 heteroatoms. The fourth-order valence-corrected chi connectivity index (χ4v) is 1.72. The van der Waals surface area contributed by atoms with Crippen LogP contribution >= 0.6 is 0 Å². The standard InChI is InChI=1S/C10H22N2/c1-4-9-5-10(9)12-7-8(2)6-11-3/h8-12H,4-7H2,1-3H3. The average Bonchev–Trinajstić information content (AvgIpc) is 2.80. The fourth-order valence-electron chi connectivity index (χ4n) is 1.72. The Kier molecular flexibility index (Phi) is 4.02. The lowest BCUT2D eigenvalue weighted by Gasteiger charge is -2.11. The van der Waals surface area contributed by atoms with Gasteiger partial charge in [-0.05, 0) is 38.4 Å². The maximum atomic E-state index is 3.60. The summed E-state index contributed by atoms with van der Waals surface area (Å²) in [5.41, 5.74) is 0. The molecule has 0 aliphatic heterocycles. The normalized spacial score (nSPS) is 30.2. The van der Waals surface area contributed by atoms with Gasteiger partial charge in [-0.3, -0.25) is 0 Å². The van der Waals surface area contributed by atoms with Crippen LogP contribution < -0.4 is 10.6 Å². The van der Waals surface area contributed by atoms with E-state index in [1.807, 2.05) is 7.05 Å². The van der Waals surface area contributed by atoms with Gasteiger partial charge in [-0.25, -0.2) is 0 Å². The molecule has 0 aromatic rings. The van der Waals surface area contributed by atoms with Crippen molar-refractivity contribution in [1.29, 1.82) is 0 Å². The Morgan fingerprint density at radius 3 is 2.67 bits per heavy atom. The fraction of sp³-hybridized carbons (Fsp3) is 1.00. The Bertz CT molecular complexity index is 123. The third-order valence-electron chi connectivity index (χ3n) is 2.73. The van der Waals surface area contributed by atoms with Crippen molar-refractivity contribution in [3.63, 3.8) is 0 Å². The predicted molar refractivity (Wildman–Crippen MR) is 53.3 cm³/mol. The molecule has 2 N–H and O–H groups in total. The van der Waals surface area contributed by atoms with Crippen LogP contribution in [0.25, 0.3) is 0 Å². The number of hydrogen-bond donors (Lipinski definition) is 2. The monoisotopic (exact) mass is 170 g/mol. The first-order valence-corrected chi connectivity index (χ1v) is 5.15. The van der Waals surface area contributed by atoms with Crippen LogP contribution in [0.2, 0.25) is 0 Å². The SMILES string of the molecule is CCC1CC1NCC(C)CNC. The van der Waals surface area contributed by atoms with Crippen molar-refractivity contribution in [2.45, 2.75) is 32.7 Å². The summed E-state index contributed by atoms with van der Waals surface area (Å²) in [5.74, 6) is 1.74. The van der Waals surface area contributed by atoms with Gasteiger partial charge in [0.05, 0.1) is 0 Å². The molecule has 3 atom stereocenters. The van der Waals surface area contributed by atoms with E-state index in [1.54, 1.807) is 0 Å². The second-order valence-electron chi connectivity index (χ2n) is 4.08. The van der Waals surface area contributed by atoms with Crippen molar-refractivity contribution in [3.8, 4) is 0 Å². The molecule has 1 rings (SSSR count). The topological polar surface area (TPSA) is 24.1 Å². The molecule has 72 valence electrons. The van der Waals surface area contributed by atoms with Crippen LogP contribution in [0.1, 0.15) is 26.7 Å². The molecule has 2 nitrogen and oxygen atoms in total. The Morgan fingerprint density at radius 2 is 2.17 bits per heavy atom. The first-order valence-electron chi connectivity index (χ1n) is 5.15. The van der Waals surface area contributed by atoms with Crippen molar-refractivity contribution >= 4 is 0 Å². The molecule has 0 heterocycles. The number of rotatable bonds is 6. The van der Waals surface area contributed by atoms with Gasteiger partial charge in [0, 0.05) is 6.04 Å². The molecule has 0 saturated heterocycles. The molecule has 1 fully saturated rings. The zero-order valence-corrected chi connectivity index (χ0v) is 8.56. The van der Waals surface area contributed by atoms with Crippen molar-refractivity contribution in [2.75, 3.05) is 20.1 Å². The molecule has 0 spiro atoms. The van der Waals surface area contributed by atoms with Crippen molar-refractivity contribution in [3.05, 3.63) is 0 Å². The zero-order chi connectivity index (χ0) is 8.97. The smallest absolute Gasteiger partial charge is 0.00991 e. The van der Waals surface area contributed by atoms with Gasteiger partial charge < -0.3 is 10.6 Å². The molecular weight excluding hydrogens is 148 g/mol. The second kappa shape index (κ2) is 4.83. The molecule has 1 aliphatic carbocycles. The first kappa shape index (κ1) is 10.0. The summed E-state index contributed by atoms with van der Waals surface area (Å²) in [6, 6.07) is 0.842. The van der Waals surface area contributed by atoms with Gasteiger partial charge in [-0.15, -0.1) is 0 Å². The van der Waals surface area contributed by atoms with Gasteiger partial charge in [0.25, 0.3) is 0 Å². The zero-order valence-electron chi connectivity index (χ0n) is 8.56. The summed E-state index contributed by atoms with van der Waals surface area (Å²) in [7, 11) is 2.02.